The number of H-pyrrole nitrogens is 1. The standard InChI is InChI=1S/C19H25N5O3.ClH/c25-18(14-5-1-7-20-14)21-11-13-4-2-8-24(12-13)19(26)16-10-15(22-23-16)17-6-3-9-27-17;/h3,6,9-10,13-14,20H,1-2,4-5,7-8,11-12H2,(H,21,25)(H,22,23);1H. The van der Waals surface area contributed by atoms with Crippen molar-refractivity contribution in [2.24, 2.45) is 5.92 Å². The highest BCUT2D eigenvalue weighted by Gasteiger charge is 2.28. The molecule has 0 spiro atoms. The van der Waals surface area contributed by atoms with Crippen molar-refractivity contribution in [3.8, 4) is 11.5 Å². The van der Waals surface area contributed by atoms with E-state index in [9.17, 15) is 9.59 Å². The number of amides is 2. The first-order chi connectivity index (χ1) is 13.2. The maximum Gasteiger partial charge on any atom is 0.274 e. The number of hydrogen-bond donors (Lipinski definition) is 3. The number of nitrogens with one attached hydrogen (secondary N) is 3. The third-order valence-electron chi connectivity index (χ3n) is 5.33. The first-order valence-corrected chi connectivity index (χ1v) is 9.60. The number of nitrogens with zero attached hydrogens (tertiary/aromatic N) is 2. The Bertz CT molecular complexity index is 785. The third-order valence-corrected chi connectivity index (χ3v) is 5.33. The fourth-order valence-electron chi connectivity index (χ4n) is 3.84. The van der Waals surface area contributed by atoms with Gasteiger partial charge in [0.05, 0.1) is 12.3 Å². The molecule has 2 unspecified atom stereocenters. The van der Waals surface area contributed by atoms with Gasteiger partial charge in [0.25, 0.3) is 5.91 Å². The van der Waals surface area contributed by atoms with Gasteiger partial charge < -0.3 is 20.0 Å². The van der Waals surface area contributed by atoms with E-state index in [1.54, 1.807) is 18.4 Å². The van der Waals surface area contributed by atoms with Crippen LogP contribution in [0, 0.1) is 5.92 Å². The molecule has 2 aliphatic heterocycles. The predicted octanol–water partition coefficient (Wildman–Crippen LogP) is 1.81. The van der Waals surface area contributed by atoms with Crippen LogP contribution in [-0.2, 0) is 4.79 Å². The first-order valence-electron chi connectivity index (χ1n) is 9.60. The van der Waals surface area contributed by atoms with Gasteiger partial charge in [-0.3, -0.25) is 14.7 Å². The molecule has 2 amide bonds. The Morgan fingerprint density at radius 3 is 2.96 bits per heavy atom. The summed E-state index contributed by atoms with van der Waals surface area (Å²) < 4.78 is 5.33. The summed E-state index contributed by atoms with van der Waals surface area (Å²) in [5.41, 5.74) is 1.08. The Balaban J connectivity index is 0.00000225. The fourth-order valence-corrected chi connectivity index (χ4v) is 3.84. The Labute approximate surface area is 169 Å². The van der Waals surface area contributed by atoms with E-state index in [2.05, 4.69) is 20.8 Å². The van der Waals surface area contributed by atoms with Crippen molar-refractivity contribution < 1.29 is 14.0 Å². The van der Waals surface area contributed by atoms with Crippen molar-refractivity contribution in [2.45, 2.75) is 31.7 Å². The highest BCUT2D eigenvalue weighted by molar-refractivity contribution is 5.93. The molecular weight excluding hydrogens is 382 g/mol. The molecule has 0 radical (unpaired) electrons. The van der Waals surface area contributed by atoms with Crippen LogP contribution >= 0.6 is 12.4 Å². The molecule has 0 saturated carbocycles. The second kappa shape index (κ2) is 9.25. The van der Waals surface area contributed by atoms with Gasteiger partial charge in [-0.05, 0) is 50.3 Å². The number of carbonyl (C=O) groups is 2. The molecule has 9 heteroatoms. The fraction of sp³-hybridized carbons (Fsp3) is 0.526. The van der Waals surface area contributed by atoms with Crippen molar-refractivity contribution >= 4 is 24.2 Å². The zero-order chi connectivity index (χ0) is 18.6. The molecule has 2 aromatic rings. The van der Waals surface area contributed by atoms with E-state index < -0.39 is 0 Å². The van der Waals surface area contributed by atoms with E-state index >= 15 is 0 Å². The summed E-state index contributed by atoms with van der Waals surface area (Å²) in [6.45, 7) is 2.88. The maximum absolute atomic E-state index is 12.8. The number of halogens is 1. The summed E-state index contributed by atoms with van der Waals surface area (Å²) in [4.78, 5) is 26.8. The summed E-state index contributed by atoms with van der Waals surface area (Å²) >= 11 is 0. The van der Waals surface area contributed by atoms with E-state index in [1.807, 2.05) is 11.0 Å². The molecule has 2 saturated heterocycles. The summed E-state index contributed by atoms with van der Waals surface area (Å²) in [5, 5.41) is 13.3. The summed E-state index contributed by atoms with van der Waals surface area (Å²) in [5.74, 6) is 0.918. The van der Waals surface area contributed by atoms with Gasteiger partial charge in [0, 0.05) is 25.7 Å². The second-order valence-corrected chi connectivity index (χ2v) is 7.30. The van der Waals surface area contributed by atoms with Crippen LogP contribution in [0.5, 0.6) is 0 Å². The third kappa shape index (κ3) is 4.56. The predicted molar refractivity (Wildman–Crippen MR) is 106 cm³/mol. The second-order valence-electron chi connectivity index (χ2n) is 7.30. The summed E-state index contributed by atoms with van der Waals surface area (Å²) in [7, 11) is 0. The van der Waals surface area contributed by atoms with Gasteiger partial charge >= 0.3 is 0 Å². The molecule has 2 aromatic heterocycles. The zero-order valence-corrected chi connectivity index (χ0v) is 16.5. The minimum absolute atomic E-state index is 0. The van der Waals surface area contributed by atoms with Crippen LogP contribution in [0.4, 0.5) is 0 Å². The van der Waals surface area contributed by atoms with Crippen LogP contribution in [-0.4, -0.2) is 59.1 Å². The van der Waals surface area contributed by atoms with E-state index in [1.165, 1.54) is 0 Å². The minimum Gasteiger partial charge on any atom is -0.463 e. The zero-order valence-electron chi connectivity index (χ0n) is 15.6. The number of rotatable bonds is 5. The van der Waals surface area contributed by atoms with Crippen LogP contribution in [0.15, 0.2) is 28.9 Å². The van der Waals surface area contributed by atoms with Gasteiger partial charge in [-0.1, -0.05) is 0 Å². The molecule has 0 aliphatic carbocycles. The van der Waals surface area contributed by atoms with Gasteiger partial charge in [-0.25, -0.2) is 0 Å². The molecule has 4 heterocycles. The lowest BCUT2D eigenvalue weighted by molar-refractivity contribution is -0.123. The molecule has 4 rings (SSSR count). The lowest BCUT2D eigenvalue weighted by Gasteiger charge is -2.32. The molecule has 0 aromatic carbocycles. The molecule has 3 N–H and O–H groups in total. The van der Waals surface area contributed by atoms with Gasteiger partial charge in [0.15, 0.2) is 11.5 Å². The van der Waals surface area contributed by atoms with Crippen molar-refractivity contribution in [1.29, 1.82) is 0 Å². The van der Waals surface area contributed by atoms with Crippen LogP contribution < -0.4 is 10.6 Å². The Hall–Kier alpha value is -2.32. The molecule has 2 atom stereocenters. The Morgan fingerprint density at radius 2 is 2.21 bits per heavy atom. The summed E-state index contributed by atoms with van der Waals surface area (Å²) in [6, 6.07) is 5.27. The molecule has 8 nitrogen and oxygen atoms in total. The first kappa shape index (κ1) is 20.4. The van der Waals surface area contributed by atoms with Crippen molar-refractivity contribution in [1.82, 2.24) is 25.7 Å². The topological polar surface area (TPSA) is 103 Å². The Kier molecular flexibility index (Phi) is 6.74. The number of piperidine rings is 1. The quantitative estimate of drug-likeness (QED) is 0.701. The number of aromatic amines is 1. The van der Waals surface area contributed by atoms with Crippen LogP contribution in [0.3, 0.4) is 0 Å². The van der Waals surface area contributed by atoms with E-state index in [4.69, 9.17) is 4.42 Å². The van der Waals surface area contributed by atoms with Crippen molar-refractivity contribution in [3.63, 3.8) is 0 Å². The van der Waals surface area contributed by atoms with Crippen LogP contribution in [0.2, 0.25) is 0 Å². The average Bonchev–Trinajstić information content (AvgIpc) is 3.46. The summed E-state index contributed by atoms with van der Waals surface area (Å²) in [6.07, 6.45) is 5.48. The highest BCUT2D eigenvalue weighted by atomic mass is 35.5. The van der Waals surface area contributed by atoms with Gasteiger partial charge in [-0.15, -0.1) is 12.4 Å². The van der Waals surface area contributed by atoms with E-state index in [0.29, 0.717) is 30.2 Å². The monoisotopic (exact) mass is 407 g/mol. The SMILES string of the molecule is Cl.O=C(NCC1CCCN(C(=O)c2cc(-c3ccco3)[nH]n2)C1)C1CCCN1. The molecule has 2 fully saturated rings. The number of furan rings is 1. The number of aromatic nitrogens is 2. The minimum atomic E-state index is -0.0856. The molecule has 152 valence electrons. The maximum atomic E-state index is 12.8. The average molecular weight is 408 g/mol. The van der Waals surface area contributed by atoms with Crippen LogP contribution in [0.1, 0.15) is 36.2 Å². The lowest BCUT2D eigenvalue weighted by Crippen LogP contribution is -2.46. The van der Waals surface area contributed by atoms with Gasteiger partial charge in [-0.2, -0.15) is 5.10 Å². The van der Waals surface area contributed by atoms with E-state index in [-0.39, 0.29) is 36.2 Å². The highest BCUT2D eigenvalue weighted by Crippen LogP contribution is 2.21. The molecule has 0 bridgehead atoms. The largest absolute Gasteiger partial charge is 0.463 e. The van der Waals surface area contributed by atoms with E-state index in [0.717, 1.165) is 38.8 Å². The van der Waals surface area contributed by atoms with Gasteiger partial charge in [0.1, 0.15) is 5.69 Å². The molecular formula is C19H26ClN5O3. The molecule has 2 aliphatic rings. The van der Waals surface area contributed by atoms with Crippen molar-refractivity contribution in [3.05, 3.63) is 30.2 Å². The normalized spacial score (nSPS) is 21.9. The molecule has 28 heavy (non-hydrogen) atoms. The van der Waals surface area contributed by atoms with Crippen LogP contribution in [0.25, 0.3) is 11.5 Å². The number of likely N-dealkylation sites (tertiary alicyclic amines) is 1. The smallest absolute Gasteiger partial charge is 0.274 e. The lowest BCUT2D eigenvalue weighted by atomic mass is 9.97. The number of hydrogen-bond acceptors (Lipinski definition) is 5. The number of carbonyl (C=O) groups excluding carboxylic acids is 2. The Morgan fingerprint density at radius 1 is 1.32 bits per heavy atom. The van der Waals surface area contributed by atoms with Crippen molar-refractivity contribution in [2.75, 3.05) is 26.2 Å². The van der Waals surface area contributed by atoms with Gasteiger partial charge in [0.2, 0.25) is 5.91 Å².